The van der Waals surface area contributed by atoms with Crippen molar-refractivity contribution in [3.63, 3.8) is 0 Å². The molecule has 1 fully saturated rings. The van der Waals surface area contributed by atoms with Crippen molar-refractivity contribution in [2.24, 2.45) is 0 Å². The van der Waals surface area contributed by atoms with E-state index in [9.17, 15) is 4.39 Å². The van der Waals surface area contributed by atoms with Gasteiger partial charge in [0.25, 0.3) is 0 Å². The molecular formula is C21H19FN6O2. The van der Waals surface area contributed by atoms with Crippen molar-refractivity contribution in [2.75, 3.05) is 25.1 Å². The van der Waals surface area contributed by atoms with Crippen molar-refractivity contribution in [2.45, 2.75) is 12.7 Å². The molecule has 1 aliphatic heterocycles. The van der Waals surface area contributed by atoms with Crippen LogP contribution in [0.5, 0.6) is 0 Å². The van der Waals surface area contributed by atoms with Crippen molar-refractivity contribution >= 4 is 5.95 Å². The van der Waals surface area contributed by atoms with Crippen molar-refractivity contribution < 1.29 is 13.9 Å². The van der Waals surface area contributed by atoms with Gasteiger partial charge in [-0.2, -0.15) is 5.26 Å². The molecule has 3 heterocycles. The zero-order valence-corrected chi connectivity index (χ0v) is 16.1. The van der Waals surface area contributed by atoms with E-state index in [1.165, 1.54) is 12.1 Å². The number of nitrogens with one attached hydrogen (secondary N) is 2. The molecule has 152 valence electrons. The maximum absolute atomic E-state index is 13.4. The van der Waals surface area contributed by atoms with Crippen LogP contribution in [0.15, 0.2) is 48.7 Å². The molecule has 30 heavy (non-hydrogen) atoms. The number of benzene rings is 1. The molecule has 2 aromatic heterocycles. The van der Waals surface area contributed by atoms with Crippen LogP contribution in [0.2, 0.25) is 0 Å². The number of rotatable bonds is 6. The lowest BCUT2D eigenvalue weighted by molar-refractivity contribution is -0.165. The third-order valence-corrected chi connectivity index (χ3v) is 4.37. The zero-order chi connectivity index (χ0) is 20.9. The van der Waals surface area contributed by atoms with Crippen molar-refractivity contribution in [3.8, 4) is 28.7 Å². The summed E-state index contributed by atoms with van der Waals surface area (Å²) in [6, 6.07) is 9.85. The molecule has 2 N–H and O–H groups in total. The molecule has 0 aliphatic carbocycles. The Morgan fingerprint density at radius 3 is 2.70 bits per heavy atom. The van der Waals surface area contributed by atoms with Crippen molar-refractivity contribution in [3.05, 3.63) is 60.3 Å². The first-order valence-electron chi connectivity index (χ1n) is 9.34. The monoisotopic (exact) mass is 406 g/mol. The van der Waals surface area contributed by atoms with E-state index < -0.39 is 6.29 Å². The maximum Gasteiger partial charge on any atom is 0.223 e. The molecule has 0 atom stereocenters. The van der Waals surface area contributed by atoms with E-state index in [4.69, 9.17) is 14.7 Å². The smallest absolute Gasteiger partial charge is 0.223 e. The summed E-state index contributed by atoms with van der Waals surface area (Å²) < 4.78 is 24.8. The fourth-order valence-corrected chi connectivity index (χ4v) is 2.95. The van der Waals surface area contributed by atoms with Gasteiger partial charge in [0.15, 0.2) is 5.82 Å². The molecule has 8 nitrogen and oxygen atoms in total. The number of aromatic nitrogens is 4. The molecule has 9 heteroatoms. The highest BCUT2D eigenvalue weighted by Gasteiger charge is 2.25. The zero-order valence-electron chi connectivity index (χ0n) is 16.1. The minimum Gasteiger partial charge on any atom is -0.353 e. The Morgan fingerprint density at radius 1 is 1.20 bits per heavy atom. The van der Waals surface area contributed by atoms with Crippen molar-refractivity contribution in [1.29, 1.82) is 5.26 Å². The summed E-state index contributed by atoms with van der Waals surface area (Å²) in [4.78, 5) is 16.6. The lowest BCUT2D eigenvalue weighted by Gasteiger charge is -2.22. The number of ether oxygens (including phenoxy) is 2. The number of hydrogen-bond acceptors (Lipinski definition) is 7. The van der Waals surface area contributed by atoms with E-state index in [0.29, 0.717) is 60.6 Å². The topological polar surface area (TPSA) is 109 Å². The molecule has 0 saturated carbocycles. The first kappa shape index (κ1) is 19.7. The van der Waals surface area contributed by atoms with Crippen LogP contribution < -0.4 is 5.32 Å². The quantitative estimate of drug-likeness (QED) is 0.475. The van der Waals surface area contributed by atoms with Crippen LogP contribution in [-0.4, -0.2) is 39.7 Å². The highest BCUT2D eigenvalue weighted by molar-refractivity contribution is 5.77. The molecule has 0 bridgehead atoms. The third-order valence-electron chi connectivity index (χ3n) is 4.37. The fourth-order valence-electron chi connectivity index (χ4n) is 2.95. The summed E-state index contributed by atoms with van der Waals surface area (Å²) in [5.41, 5.74) is 3.36. The predicted octanol–water partition coefficient (Wildman–Crippen LogP) is 3.60. The van der Waals surface area contributed by atoms with Gasteiger partial charge in [-0.15, -0.1) is 0 Å². The molecule has 3 aromatic rings. The lowest BCUT2D eigenvalue weighted by Crippen LogP contribution is -2.20. The van der Waals surface area contributed by atoms with Gasteiger partial charge < -0.3 is 19.8 Å². The average Bonchev–Trinajstić information content (AvgIpc) is 3.21. The summed E-state index contributed by atoms with van der Waals surface area (Å²) in [5.74, 6) is 0.541. The van der Waals surface area contributed by atoms with Gasteiger partial charge in [-0.3, -0.25) is 0 Å². The standard InChI is InChI=1S/C21H19FN6O2/c1-13-11-29-20(30-12-13)19-27-17(14-3-5-15(22)6-4-14)18(28-19)16-7-10-25-21(26-16)24-9-2-8-23/h3-7,10,20H,1-2,9,11-12H2,(H,27,28)(H,24,25,26). The summed E-state index contributed by atoms with van der Waals surface area (Å²) in [5, 5.41) is 11.7. The summed E-state index contributed by atoms with van der Waals surface area (Å²) in [6.45, 7) is 5.05. The lowest BCUT2D eigenvalue weighted by atomic mass is 10.1. The molecule has 4 rings (SSSR count). The Kier molecular flexibility index (Phi) is 5.79. The van der Waals surface area contributed by atoms with Gasteiger partial charge >= 0.3 is 0 Å². The first-order valence-corrected chi connectivity index (χ1v) is 9.34. The average molecular weight is 406 g/mol. The van der Waals surface area contributed by atoms with E-state index in [1.807, 2.05) is 0 Å². The number of nitrogens with zero attached hydrogens (tertiary/aromatic N) is 4. The van der Waals surface area contributed by atoms with Crippen LogP contribution in [0.4, 0.5) is 10.3 Å². The van der Waals surface area contributed by atoms with Gasteiger partial charge in [-0.25, -0.2) is 19.3 Å². The van der Waals surface area contributed by atoms with E-state index in [0.717, 1.165) is 5.57 Å². The first-order chi connectivity index (χ1) is 14.6. The van der Waals surface area contributed by atoms with Crippen LogP contribution in [0, 0.1) is 17.1 Å². The molecule has 0 radical (unpaired) electrons. The van der Waals surface area contributed by atoms with Crippen LogP contribution in [-0.2, 0) is 9.47 Å². The number of nitriles is 1. The third kappa shape index (κ3) is 4.35. The number of imidazole rings is 1. The highest BCUT2D eigenvalue weighted by Crippen LogP contribution is 2.33. The molecule has 0 unspecified atom stereocenters. The number of hydrogen-bond donors (Lipinski definition) is 2. The Morgan fingerprint density at radius 2 is 1.97 bits per heavy atom. The molecule has 0 amide bonds. The second kappa shape index (κ2) is 8.82. The minimum absolute atomic E-state index is 0.334. The highest BCUT2D eigenvalue weighted by atomic mass is 19.1. The predicted molar refractivity (Wildman–Crippen MR) is 108 cm³/mol. The summed E-state index contributed by atoms with van der Waals surface area (Å²) in [7, 11) is 0. The largest absolute Gasteiger partial charge is 0.353 e. The van der Waals surface area contributed by atoms with Gasteiger partial charge in [-0.1, -0.05) is 6.58 Å². The summed E-state index contributed by atoms with van der Waals surface area (Å²) in [6.07, 6.45) is 1.28. The number of aromatic amines is 1. The molecule has 0 spiro atoms. The maximum atomic E-state index is 13.4. The Labute approximate surface area is 172 Å². The van der Waals surface area contributed by atoms with E-state index in [1.54, 1.807) is 24.4 Å². The van der Waals surface area contributed by atoms with Gasteiger partial charge in [-0.05, 0) is 35.9 Å². The van der Waals surface area contributed by atoms with Crippen LogP contribution in [0.25, 0.3) is 22.6 Å². The van der Waals surface area contributed by atoms with Crippen molar-refractivity contribution in [1.82, 2.24) is 19.9 Å². The van der Waals surface area contributed by atoms with Crippen LogP contribution in [0.3, 0.4) is 0 Å². The van der Waals surface area contributed by atoms with Gasteiger partial charge in [0.2, 0.25) is 12.2 Å². The number of anilines is 1. The van der Waals surface area contributed by atoms with Crippen LogP contribution >= 0.6 is 0 Å². The van der Waals surface area contributed by atoms with Crippen LogP contribution in [0.1, 0.15) is 18.5 Å². The number of H-pyrrole nitrogens is 1. The van der Waals surface area contributed by atoms with Gasteiger partial charge in [0.1, 0.15) is 5.82 Å². The van der Waals surface area contributed by atoms with E-state index in [-0.39, 0.29) is 5.82 Å². The molecule has 1 aliphatic rings. The summed E-state index contributed by atoms with van der Waals surface area (Å²) >= 11 is 0. The minimum atomic E-state index is -0.668. The van der Waals surface area contributed by atoms with Gasteiger partial charge in [0.05, 0.1) is 42.8 Å². The second-order valence-electron chi connectivity index (χ2n) is 6.66. The molecule has 1 aromatic carbocycles. The Bertz CT molecular complexity index is 1080. The number of halogens is 1. The second-order valence-corrected chi connectivity index (χ2v) is 6.66. The van der Waals surface area contributed by atoms with E-state index in [2.05, 4.69) is 37.9 Å². The Balaban J connectivity index is 1.72. The normalized spacial score (nSPS) is 14.5. The van der Waals surface area contributed by atoms with Gasteiger partial charge in [0, 0.05) is 18.3 Å². The van der Waals surface area contributed by atoms with E-state index >= 15 is 0 Å². The fraction of sp³-hybridized carbons (Fsp3) is 0.238. The molecule has 1 saturated heterocycles. The Hall–Kier alpha value is -3.61. The SMILES string of the molecule is C=C1COC(c2nc(-c3ccc(F)cc3)c(-c3ccnc(NCCC#N)n3)[nH]2)OC1. The molecular weight excluding hydrogens is 387 g/mol.